The number of rotatable bonds is 3. The molecule has 0 bridgehead atoms. The van der Waals surface area contributed by atoms with Crippen molar-refractivity contribution in [2.24, 2.45) is 5.73 Å². The first-order valence-electron chi connectivity index (χ1n) is 4.01. The zero-order valence-electron chi connectivity index (χ0n) is 7.37. The molecule has 4 heteroatoms. The molecule has 0 saturated carbocycles. The Morgan fingerprint density at radius 3 is 2.46 bits per heavy atom. The minimum atomic E-state index is -1.02. The fraction of sp³-hybridized carbons (Fsp3) is 0.333. The van der Waals surface area contributed by atoms with Crippen LogP contribution in [0.2, 0.25) is 5.02 Å². The lowest BCUT2D eigenvalue weighted by molar-refractivity contribution is 0.673. The summed E-state index contributed by atoms with van der Waals surface area (Å²) in [4.78, 5) is 0.780. The van der Waals surface area contributed by atoms with E-state index in [0.717, 1.165) is 4.90 Å². The van der Waals surface area contributed by atoms with E-state index in [9.17, 15) is 4.21 Å². The zero-order valence-corrected chi connectivity index (χ0v) is 8.94. The third-order valence-corrected chi connectivity index (χ3v) is 3.66. The summed E-state index contributed by atoms with van der Waals surface area (Å²) in [5.74, 6) is 0. The number of hydrogen-bond acceptors (Lipinski definition) is 2. The minimum absolute atomic E-state index is 0.0128. The second kappa shape index (κ2) is 4.74. The van der Waals surface area contributed by atoms with E-state index in [1.165, 1.54) is 0 Å². The van der Waals surface area contributed by atoms with Gasteiger partial charge >= 0.3 is 0 Å². The topological polar surface area (TPSA) is 43.1 Å². The van der Waals surface area contributed by atoms with Crippen LogP contribution in [0.25, 0.3) is 0 Å². The van der Waals surface area contributed by atoms with E-state index in [4.69, 9.17) is 17.3 Å². The number of benzene rings is 1. The molecule has 0 radical (unpaired) electrons. The molecular weight excluding hydrogens is 206 g/mol. The Labute approximate surface area is 85.5 Å². The van der Waals surface area contributed by atoms with E-state index in [-0.39, 0.29) is 5.25 Å². The second-order valence-electron chi connectivity index (χ2n) is 2.80. The smallest absolute Gasteiger partial charge is 0.0570 e. The van der Waals surface area contributed by atoms with Crippen molar-refractivity contribution in [3.63, 3.8) is 0 Å². The molecule has 0 aliphatic heterocycles. The van der Waals surface area contributed by atoms with Crippen LogP contribution in [0.3, 0.4) is 0 Å². The fourth-order valence-electron chi connectivity index (χ4n) is 0.888. The molecule has 2 atom stereocenters. The Balaban J connectivity index is 2.83. The molecule has 0 amide bonds. The van der Waals surface area contributed by atoms with Gasteiger partial charge in [0.1, 0.15) is 0 Å². The molecule has 0 heterocycles. The maximum atomic E-state index is 11.7. The highest BCUT2D eigenvalue weighted by Gasteiger charge is 2.10. The van der Waals surface area contributed by atoms with Crippen LogP contribution in [0.5, 0.6) is 0 Å². The third-order valence-electron chi connectivity index (χ3n) is 1.74. The van der Waals surface area contributed by atoms with Gasteiger partial charge in [0.05, 0.1) is 10.8 Å². The first kappa shape index (κ1) is 10.7. The molecule has 0 aliphatic carbocycles. The molecule has 1 aromatic carbocycles. The van der Waals surface area contributed by atoms with E-state index in [0.29, 0.717) is 11.6 Å². The van der Waals surface area contributed by atoms with Crippen molar-refractivity contribution >= 4 is 22.4 Å². The molecule has 0 aliphatic rings. The Hall–Kier alpha value is -0.380. The van der Waals surface area contributed by atoms with Gasteiger partial charge < -0.3 is 5.73 Å². The van der Waals surface area contributed by atoms with Crippen LogP contribution in [0.15, 0.2) is 29.2 Å². The van der Waals surface area contributed by atoms with Crippen LogP contribution < -0.4 is 5.73 Å². The molecule has 2 nitrogen and oxygen atoms in total. The SMILES string of the molecule is CC(CN)S(=O)c1ccc(Cl)cc1. The van der Waals surface area contributed by atoms with E-state index in [1.54, 1.807) is 24.3 Å². The van der Waals surface area contributed by atoms with E-state index < -0.39 is 10.8 Å². The Morgan fingerprint density at radius 1 is 1.46 bits per heavy atom. The van der Waals surface area contributed by atoms with Gasteiger partial charge in [0, 0.05) is 21.7 Å². The highest BCUT2D eigenvalue weighted by atomic mass is 35.5. The predicted molar refractivity (Wildman–Crippen MR) is 56.4 cm³/mol. The zero-order chi connectivity index (χ0) is 9.84. The van der Waals surface area contributed by atoms with Gasteiger partial charge in [-0.05, 0) is 31.2 Å². The van der Waals surface area contributed by atoms with Crippen LogP contribution in [-0.2, 0) is 10.8 Å². The van der Waals surface area contributed by atoms with Crippen LogP contribution >= 0.6 is 11.6 Å². The number of hydrogen-bond donors (Lipinski definition) is 1. The molecule has 2 N–H and O–H groups in total. The monoisotopic (exact) mass is 217 g/mol. The van der Waals surface area contributed by atoms with Crippen molar-refractivity contribution in [3.8, 4) is 0 Å². The summed E-state index contributed by atoms with van der Waals surface area (Å²) in [6.45, 7) is 2.29. The first-order chi connectivity index (χ1) is 6.15. The van der Waals surface area contributed by atoms with Crippen molar-refractivity contribution in [2.75, 3.05) is 6.54 Å². The van der Waals surface area contributed by atoms with Crippen LogP contribution in [-0.4, -0.2) is 16.0 Å². The van der Waals surface area contributed by atoms with Crippen molar-refractivity contribution in [3.05, 3.63) is 29.3 Å². The highest BCUT2D eigenvalue weighted by molar-refractivity contribution is 7.85. The third kappa shape index (κ3) is 2.79. The quantitative estimate of drug-likeness (QED) is 0.839. The lowest BCUT2D eigenvalue weighted by atomic mass is 10.4. The van der Waals surface area contributed by atoms with Crippen LogP contribution in [0, 0.1) is 0 Å². The summed E-state index contributed by atoms with van der Waals surface area (Å²) in [5.41, 5.74) is 5.42. The van der Waals surface area contributed by atoms with Gasteiger partial charge in [0.2, 0.25) is 0 Å². The Kier molecular flexibility index (Phi) is 3.90. The average Bonchev–Trinajstić information content (AvgIpc) is 2.17. The summed E-state index contributed by atoms with van der Waals surface area (Å²) < 4.78 is 11.7. The summed E-state index contributed by atoms with van der Waals surface area (Å²) in [6.07, 6.45) is 0. The molecule has 0 spiro atoms. The van der Waals surface area contributed by atoms with E-state index in [1.807, 2.05) is 6.92 Å². The Bertz CT molecular complexity index is 299. The van der Waals surface area contributed by atoms with Gasteiger partial charge in [0.15, 0.2) is 0 Å². The summed E-state index contributed by atoms with van der Waals surface area (Å²) in [6, 6.07) is 7.01. The van der Waals surface area contributed by atoms with E-state index in [2.05, 4.69) is 0 Å². The maximum absolute atomic E-state index is 11.7. The van der Waals surface area contributed by atoms with Gasteiger partial charge in [-0.25, -0.2) is 0 Å². The predicted octanol–water partition coefficient (Wildman–Crippen LogP) is 1.79. The van der Waals surface area contributed by atoms with Gasteiger partial charge in [0.25, 0.3) is 0 Å². The first-order valence-corrected chi connectivity index (χ1v) is 5.60. The van der Waals surface area contributed by atoms with Gasteiger partial charge in [-0.2, -0.15) is 0 Å². The molecule has 13 heavy (non-hydrogen) atoms. The highest BCUT2D eigenvalue weighted by Crippen LogP contribution is 2.14. The Morgan fingerprint density at radius 2 is 2.00 bits per heavy atom. The van der Waals surface area contributed by atoms with Crippen molar-refractivity contribution in [1.29, 1.82) is 0 Å². The molecule has 0 aromatic heterocycles. The average molecular weight is 218 g/mol. The summed E-state index contributed by atoms with van der Waals surface area (Å²) in [5, 5.41) is 0.641. The molecule has 0 fully saturated rings. The summed E-state index contributed by atoms with van der Waals surface area (Å²) in [7, 11) is -1.02. The van der Waals surface area contributed by atoms with Crippen LogP contribution in [0.1, 0.15) is 6.92 Å². The molecular formula is C9H12ClNOS. The fourth-order valence-corrected chi connectivity index (χ4v) is 2.06. The normalized spacial score (nSPS) is 15.3. The van der Waals surface area contributed by atoms with Gasteiger partial charge in [-0.1, -0.05) is 11.6 Å². The van der Waals surface area contributed by atoms with Gasteiger partial charge in [-0.3, -0.25) is 4.21 Å². The largest absolute Gasteiger partial charge is 0.329 e. The number of nitrogens with two attached hydrogens (primary N) is 1. The summed E-state index contributed by atoms with van der Waals surface area (Å²) >= 11 is 5.71. The van der Waals surface area contributed by atoms with Crippen molar-refractivity contribution < 1.29 is 4.21 Å². The lowest BCUT2D eigenvalue weighted by Crippen LogP contribution is -2.21. The van der Waals surface area contributed by atoms with Gasteiger partial charge in [-0.15, -0.1) is 0 Å². The standard InChI is InChI=1S/C9H12ClNOS/c1-7(6-11)13(12)9-4-2-8(10)3-5-9/h2-5,7H,6,11H2,1H3. The molecule has 1 aromatic rings. The maximum Gasteiger partial charge on any atom is 0.0570 e. The molecule has 0 saturated heterocycles. The second-order valence-corrected chi connectivity index (χ2v) is 5.11. The van der Waals surface area contributed by atoms with Crippen molar-refractivity contribution in [1.82, 2.24) is 0 Å². The van der Waals surface area contributed by atoms with E-state index >= 15 is 0 Å². The minimum Gasteiger partial charge on any atom is -0.329 e. The molecule has 2 unspecified atom stereocenters. The van der Waals surface area contributed by atoms with Crippen LogP contribution in [0.4, 0.5) is 0 Å². The van der Waals surface area contributed by atoms with Crippen molar-refractivity contribution in [2.45, 2.75) is 17.1 Å². The molecule has 1 rings (SSSR count). The number of halogens is 1. The lowest BCUT2D eigenvalue weighted by Gasteiger charge is -2.07. The molecule has 72 valence electrons.